The fourth-order valence-electron chi connectivity index (χ4n) is 2.14. The van der Waals surface area contributed by atoms with Gasteiger partial charge in [-0.05, 0) is 17.2 Å². The predicted molar refractivity (Wildman–Crippen MR) is 63.1 cm³/mol. The van der Waals surface area contributed by atoms with Crippen molar-refractivity contribution in [3.63, 3.8) is 0 Å². The van der Waals surface area contributed by atoms with Crippen LogP contribution >= 0.6 is 11.6 Å². The summed E-state index contributed by atoms with van der Waals surface area (Å²) in [6.45, 7) is 0. The molecule has 0 unspecified atom stereocenters. The van der Waals surface area contributed by atoms with E-state index in [0.29, 0.717) is 28.1 Å². The van der Waals surface area contributed by atoms with E-state index in [1.165, 1.54) is 12.1 Å². The standard InChI is InChI=1S/C11H6ClN3O3/c12-11-5-9-8-4-7(15(17)18)2-1-6(8)3-10(9)14(16)13-11/h1-2,4-5H,3H2. The molecule has 1 aromatic heterocycles. The van der Waals surface area contributed by atoms with Crippen LogP contribution in [0.15, 0.2) is 24.3 Å². The second kappa shape index (κ2) is 3.64. The molecule has 0 spiro atoms. The van der Waals surface area contributed by atoms with Crippen LogP contribution in [0.25, 0.3) is 11.1 Å². The average Bonchev–Trinajstić information content (AvgIpc) is 2.67. The first-order chi connectivity index (χ1) is 8.56. The number of rotatable bonds is 1. The molecule has 7 heteroatoms. The lowest BCUT2D eigenvalue weighted by Crippen LogP contribution is -2.35. The van der Waals surface area contributed by atoms with E-state index in [9.17, 15) is 15.3 Å². The van der Waals surface area contributed by atoms with E-state index in [-0.39, 0.29) is 10.8 Å². The van der Waals surface area contributed by atoms with Crippen molar-refractivity contribution in [1.82, 2.24) is 5.10 Å². The van der Waals surface area contributed by atoms with Crippen LogP contribution in [0.2, 0.25) is 5.15 Å². The number of halogens is 1. The third kappa shape index (κ3) is 1.50. The van der Waals surface area contributed by atoms with Gasteiger partial charge in [0, 0.05) is 17.2 Å². The van der Waals surface area contributed by atoms with Crippen molar-refractivity contribution < 1.29 is 9.77 Å². The van der Waals surface area contributed by atoms with Crippen LogP contribution in [-0.4, -0.2) is 10.0 Å². The van der Waals surface area contributed by atoms with Gasteiger partial charge >= 0.3 is 0 Å². The van der Waals surface area contributed by atoms with Gasteiger partial charge in [-0.15, -0.1) is 0 Å². The van der Waals surface area contributed by atoms with E-state index in [2.05, 4.69) is 5.10 Å². The highest BCUT2D eigenvalue weighted by Gasteiger charge is 2.29. The van der Waals surface area contributed by atoms with Crippen LogP contribution in [0, 0.1) is 15.3 Å². The van der Waals surface area contributed by atoms with Crippen LogP contribution in [0.3, 0.4) is 0 Å². The first kappa shape index (κ1) is 10.9. The lowest BCUT2D eigenvalue weighted by atomic mass is 10.1. The van der Waals surface area contributed by atoms with Crippen molar-refractivity contribution in [2.24, 2.45) is 0 Å². The highest BCUT2D eigenvalue weighted by Crippen LogP contribution is 2.37. The van der Waals surface area contributed by atoms with Crippen molar-refractivity contribution in [1.29, 1.82) is 0 Å². The van der Waals surface area contributed by atoms with E-state index in [1.807, 2.05) is 0 Å². The summed E-state index contributed by atoms with van der Waals surface area (Å²) in [6, 6.07) is 6.09. The van der Waals surface area contributed by atoms with Gasteiger partial charge in [-0.3, -0.25) is 10.1 Å². The van der Waals surface area contributed by atoms with Gasteiger partial charge in [0.25, 0.3) is 5.69 Å². The minimum absolute atomic E-state index is 0.00742. The molecule has 0 aliphatic heterocycles. The molecule has 0 fully saturated rings. The fourth-order valence-corrected chi connectivity index (χ4v) is 2.32. The fraction of sp³-hybridized carbons (Fsp3) is 0.0909. The molecule has 1 aliphatic rings. The van der Waals surface area contributed by atoms with Crippen molar-refractivity contribution in [3.8, 4) is 11.1 Å². The molecule has 0 bridgehead atoms. The summed E-state index contributed by atoms with van der Waals surface area (Å²) in [6.07, 6.45) is 0.413. The van der Waals surface area contributed by atoms with Gasteiger partial charge in [-0.2, -0.15) is 0 Å². The SMILES string of the molecule is O=[N+]([O-])c1ccc2c(c1)-c1cc(Cl)n[n+]([O-])c1C2. The first-order valence-electron chi connectivity index (χ1n) is 5.13. The van der Waals surface area contributed by atoms with Crippen LogP contribution in [0.1, 0.15) is 11.3 Å². The summed E-state index contributed by atoms with van der Waals surface area (Å²) in [7, 11) is 0. The molecular weight excluding hydrogens is 258 g/mol. The molecule has 2 aromatic rings. The summed E-state index contributed by atoms with van der Waals surface area (Å²) >= 11 is 5.73. The quantitative estimate of drug-likeness (QED) is 0.290. The summed E-state index contributed by atoms with van der Waals surface area (Å²) in [5, 5.41) is 26.0. The zero-order chi connectivity index (χ0) is 12.9. The third-order valence-corrected chi connectivity index (χ3v) is 3.13. The molecule has 1 aliphatic carbocycles. The highest BCUT2D eigenvalue weighted by molar-refractivity contribution is 6.29. The molecule has 0 saturated heterocycles. The van der Waals surface area contributed by atoms with Gasteiger partial charge in [0.1, 0.15) is 0 Å². The maximum Gasteiger partial charge on any atom is 0.270 e. The Hall–Kier alpha value is -2.21. The Labute approximate surface area is 106 Å². The lowest BCUT2D eigenvalue weighted by Gasteiger charge is -2.00. The molecule has 3 rings (SSSR count). The highest BCUT2D eigenvalue weighted by atomic mass is 35.5. The normalized spacial score (nSPS) is 12.1. The summed E-state index contributed by atoms with van der Waals surface area (Å²) < 4.78 is 0. The smallest absolute Gasteiger partial charge is 0.270 e. The van der Waals surface area contributed by atoms with Crippen molar-refractivity contribution in [2.45, 2.75) is 6.42 Å². The molecule has 6 nitrogen and oxygen atoms in total. The molecule has 0 atom stereocenters. The van der Waals surface area contributed by atoms with Crippen LogP contribution in [-0.2, 0) is 6.42 Å². The topological polar surface area (TPSA) is 83.0 Å². The van der Waals surface area contributed by atoms with Gasteiger partial charge in [-0.25, -0.2) is 0 Å². The zero-order valence-electron chi connectivity index (χ0n) is 8.96. The summed E-state index contributed by atoms with van der Waals surface area (Å²) in [5.41, 5.74) is 2.61. The second-order valence-electron chi connectivity index (χ2n) is 3.98. The maximum atomic E-state index is 11.6. The van der Waals surface area contributed by atoms with E-state index < -0.39 is 4.92 Å². The van der Waals surface area contributed by atoms with E-state index in [0.717, 1.165) is 5.56 Å². The Bertz CT molecular complexity index is 687. The van der Waals surface area contributed by atoms with Crippen molar-refractivity contribution >= 4 is 17.3 Å². The Balaban J connectivity index is 2.25. The second-order valence-corrected chi connectivity index (χ2v) is 4.36. The molecule has 0 N–H and O–H groups in total. The Morgan fingerprint density at radius 1 is 1.33 bits per heavy atom. The number of aromatic nitrogens is 2. The van der Waals surface area contributed by atoms with Gasteiger partial charge in [0.2, 0.25) is 5.69 Å². The lowest BCUT2D eigenvalue weighted by molar-refractivity contribution is -0.675. The molecule has 1 heterocycles. The van der Waals surface area contributed by atoms with Gasteiger partial charge in [-0.1, -0.05) is 22.5 Å². The van der Waals surface area contributed by atoms with Crippen LogP contribution < -0.4 is 4.85 Å². The molecule has 18 heavy (non-hydrogen) atoms. The molecular formula is C11H6ClN3O3. The number of hydrogen-bond donors (Lipinski definition) is 0. The number of benzene rings is 1. The van der Waals surface area contributed by atoms with Crippen molar-refractivity contribution in [2.75, 3.05) is 0 Å². The molecule has 1 aromatic carbocycles. The molecule has 0 radical (unpaired) electrons. The largest absolute Gasteiger partial charge is 0.594 e. The first-order valence-corrected chi connectivity index (χ1v) is 5.51. The minimum atomic E-state index is -0.466. The Morgan fingerprint density at radius 3 is 2.83 bits per heavy atom. The minimum Gasteiger partial charge on any atom is -0.594 e. The number of non-ortho nitro benzene ring substituents is 1. The van der Waals surface area contributed by atoms with Gasteiger partial charge < -0.3 is 5.21 Å². The monoisotopic (exact) mass is 263 g/mol. The van der Waals surface area contributed by atoms with Crippen LogP contribution in [0.5, 0.6) is 0 Å². The number of nitrogens with zero attached hydrogens (tertiary/aromatic N) is 3. The Kier molecular flexibility index (Phi) is 2.21. The van der Waals surface area contributed by atoms with E-state index in [1.54, 1.807) is 12.1 Å². The van der Waals surface area contributed by atoms with Gasteiger partial charge in [0.15, 0.2) is 5.15 Å². The third-order valence-electron chi connectivity index (χ3n) is 2.94. The molecule has 90 valence electrons. The number of hydrogen-bond acceptors (Lipinski definition) is 4. The zero-order valence-corrected chi connectivity index (χ0v) is 9.72. The van der Waals surface area contributed by atoms with Crippen molar-refractivity contribution in [3.05, 3.63) is 56.0 Å². The summed E-state index contributed by atoms with van der Waals surface area (Å²) in [4.78, 5) is 10.8. The van der Waals surface area contributed by atoms with E-state index in [4.69, 9.17) is 11.6 Å². The van der Waals surface area contributed by atoms with E-state index >= 15 is 0 Å². The maximum absolute atomic E-state index is 11.6. The van der Waals surface area contributed by atoms with Gasteiger partial charge in [0.05, 0.1) is 16.9 Å². The molecule has 0 saturated carbocycles. The number of nitro benzene ring substituents is 1. The molecule has 0 amide bonds. The van der Waals surface area contributed by atoms with Crippen LogP contribution in [0.4, 0.5) is 5.69 Å². The number of fused-ring (bicyclic) bond motifs is 3. The average molecular weight is 264 g/mol. The predicted octanol–water partition coefficient (Wildman–Crippen LogP) is 1.85. The summed E-state index contributed by atoms with van der Waals surface area (Å²) in [5.74, 6) is 0. The Morgan fingerprint density at radius 2 is 2.11 bits per heavy atom. The number of nitro groups is 1.